The summed E-state index contributed by atoms with van der Waals surface area (Å²) in [6.45, 7) is 0. The molecule has 18 heavy (non-hydrogen) atoms. The maximum Gasteiger partial charge on any atom is 0.259 e. The molecule has 0 unspecified atom stereocenters. The Morgan fingerprint density at radius 1 is 1.39 bits per heavy atom. The van der Waals surface area contributed by atoms with Gasteiger partial charge in [0.2, 0.25) is 0 Å². The highest BCUT2D eigenvalue weighted by molar-refractivity contribution is 14.1. The van der Waals surface area contributed by atoms with Gasteiger partial charge in [-0.3, -0.25) is 9.78 Å². The number of aromatic nitrogens is 1. The average molecular weight is 355 g/mol. The zero-order chi connectivity index (χ0) is 13.1. The van der Waals surface area contributed by atoms with Gasteiger partial charge in [0.15, 0.2) is 0 Å². The van der Waals surface area contributed by atoms with E-state index >= 15 is 0 Å². The first-order valence-corrected chi connectivity index (χ1v) is 6.15. The van der Waals surface area contributed by atoms with Crippen molar-refractivity contribution in [1.82, 2.24) is 4.98 Å². The second kappa shape index (κ2) is 5.21. The molecule has 1 aromatic carbocycles. The SMILES string of the molecule is Nc1cnccc1NC(=O)c1cc(I)ccc1O. The lowest BCUT2D eigenvalue weighted by Gasteiger charge is -2.08. The van der Waals surface area contributed by atoms with Crippen molar-refractivity contribution in [3.8, 4) is 5.75 Å². The number of aromatic hydroxyl groups is 1. The molecule has 2 aromatic rings. The van der Waals surface area contributed by atoms with E-state index in [9.17, 15) is 9.90 Å². The molecule has 0 bridgehead atoms. The fourth-order valence-electron chi connectivity index (χ4n) is 1.40. The van der Waals surface area contributed by atoms with Gasteiger partial charge < -0.3 is 16.2 Å². The molecular formula is C12H10IN3O2. The van der Waals surface area contributed by atoms with Crippen LogP contribution in [0.15, 0.2) is 36.7 Å². The maximum atomic E-state index is 12.0. The summed E-state index contributed by atoms with van der Waals surface area (Å²) in [6.07, 6.45) is 2.98. The van der Waals surface area contributed by atoms with E-state index in [2.05, 4.69) is 32.9 Å². The number of anilines is 2. The average Bonchev–Trinajstić information content (AvgIpc) is 2.35. The van der Waals surface area contributed by atoms with Crippen molar-refractivity contribution in [3.05, 3.63) is 45.8 Å². The fraction of sp³-hybridized carbons (Fsp3) is 0. The largest absolute Gasteiger partial charge is 0.507 e. The predicted molar refractivity (Wildman–Crippen MR) is 77.4 cm³/mol. The summed E-state index contributed by atoms with van der Waals surface area (Å²) in [5.74, 6) is -0.482. The lowest BCUT2D eigenvalue weighted by atomic mass is 10.2. The Hall–Kier alpha value is -1.83. The van der Waals surface area contributed by atoms with E-state index in [-0.39, 0.29) is 11.3 Å². The molecule has 0 aliphatic heterocycles. The Bertz CT molecular complexity index is 602. The second-order valence-corrected chi connectivity index (χ2v) is 4.82. The van der Waals surface area contributed by atoms with E-state index in [1.807, 2.05) is 0 Å². The first-order valence-electron chi connectivity index (χ1n) is 5.07. The van der Waals surface area contributed by atoms with E-state index < -0.39 is 5.91 Å². The minimum absolute atomic E-state index is 0.0689. The number of carbonyl (C=O) groups is 1. The molecule has 92 valence electrons. The summed E-state index contributed by atoms with van der Waals surface area (Å²) in [7, 11) is 0. The molecule has 4 N–H and O–H groups in total. The third-order valence-corrected chi connectivity index (χ3v) is 2.97. The molecule has 2 rings (SSSR count). The molecule has 5 nitrogen and oxygen atoms in total. The Morgan fingerprint density at radius 3 is 2.89 bits per heavy atom. The minimum Gasteiger partial charge on any atom is -0.507 e. The summed E-state index contributed by atoms with van der Waals surface area (Å²) < 4.78 is 0.859. The van der Waals surface area contributed by atoms with Gasteiger partial charge in [-0.2, -0.15) is 0 Å². The number of nitrogen functional groups attached to an aromatic ring is 1. The van der Waals surface area contributed by atoms with E-state index in [0.29, 0.717) is 11.4 Å². The zero-order valence-corrected chi connectivity index (χ0v) is 11.4. The second-order valence-electron chi connectivity index (χ2n) is 3.58. The third-order valence-electron chi connectivity index (χ3n) is 2.30. The molecule has 6 heteroatoms. The summed E-state index contributed by atoms with van der Waals surface area (Å²) in [6, 6.07) is 6.39. The first kappa shape index (κ1) is 12.6. The number of hydrogen-bond acceptors (Lipinski definition) is 4. The smallest absolute Gasteiger partial charge is 0.259 e. The van der Waals surface area contributed by atoms with E-state index in [1.54, 1.807) is 18.2 Å². The highest BCUT2D eigenvalue weighted by atomic mass is 127. The van der Waals surface area contributed by atoms with Gasteiger partial charge in [0, 0.05) is 9.77 Å². The number of nitrogens with zero attached hydrogens (tertiary/aromatic N) is 1. The van der Waals surface area contributed by atoms with Crippen molar-refractivity contribution in [3.63, 3.8) is 0 Å². The molecule has 0 spiro atoms. The lowest BCUT2D eigenvalue weighted by Crippen LogP contribution is -2.13. The van der Waals surface area contributed by atoms with E-state index in [0.717, 1.165) is 3.57 Å². The van der Waals surface area contributed by atoms with Gasteiger partial charge >= 0.3 is 0 Å². The molecular weight excluding hydrogens is 345 g/mol. The van der Waals surface area contributed by atoms with Crippen LogP contribution in [0.4, 0.5) is 11.4 Å². The van der Waals surface area contributed by atoms with E-state index in [4.69, 9.17) is 5.73 Å². The Kier molecular flexibility index (Phi) is 3.66. The van der Waals surface area contributed by atoms with Crippen molar-refractivity contribution in [1.29, 1.82) is 0 Å². The van der Waals surface area contributed by atoms with Gasteiger partial charge in [-0.1, -0.05) is 0 Å². The van der Waals surface area contributed by atoms with Crippen LogP contribution in [-0.2, 0) is 0 Å². The molecule has 0 radical (unpaired) electrons. The summed E-state index contributed by atoms with van der Waals surface area (Å²) in [5.41, 5.74) is 6.72. The van der Waals surface area contributed by atoms with Crippen molar-refractivity contribution in [2.45, 2.75) is 0 Å². The minimum atomic E-state index is -0.413. The van der Waals surface area contributed by atoms with Gasteiger partial charge in [-0.25, -0.2) is 0 Å². The van der Waals surface area contributed by atoms with Crippen LogP contribution >= 0.6 is 22.6 Å². The fourth-order valence-corrected chi connectivity index (χ4v) is 1.89. The van der Waals surface area contributed by atoms with Crippen LogP contribution in [0.25, 0.3) is 0 Å². The van der Waals surface area contributed by atoms with Gasteiger partial charge in [-0.15, -0.1) is 0 Å². The topological polar surface area (TPSA) is 88.2 Å². The number of benzene rings is 1. The molecule has 0 aliphatic carbocycles. The molecule has 0 aliphatic rings. The highest BCUT2D eigenvalue weighted by Gasteiger charge is 2.12. The van der Waals surface area contributed by atoms with Gasteiger partial charge in [0.25, 0.3) is 5.91 Å². The summed E-state index contributed by atoms with van der Waals surface area (Å²) in [4.78, 5) is 15.8. The molecule has 0 atom stereocenters. The van der Waals surface area contributed by atoms with Gasteiger partial charge in [0.1, 0.15) is 5.75 Å². The highest BCUT2D eigenvalue weighted by Crippen LogP contribution is 2.22. The molecule has 0 fully saturated rings. The number of carbonyl (C=O) groups excluding carboxylic acids is 1. The van der Waals surface area contributed by atoms with Crippen LogP contribution in [-0.4, -0.2) is 16.0 Å². The molecule has 0 saturated carbocycles. The van der Waals surface area contributed by atoms with Crippen LogP contribution in [0, 0.1) is 3.57 Å². The molecule has 1 aromatic heterocycles. The number of pyridine rings is 1. The van der Waals surface area contributed by atoms with Crippen LogP contribution in [0.5, 0.6) is 5.75 Å². The molecule has 1 amide bonds. The number of rotatable bonds is 2. The Balaban J connectivity index is 2.28. The van der Waals surface area contributed by atoms with Crippen molar-refractivity contribution < 1.29 is 9.90 Å². The lowest BCUT2D eigenvalue weighted by molar-refractivity contribution is 0.102. The van der Waals surface area contributed by atoms with Crippen LogP contribution in [0.3, 0.4) is 0 Å². The van der Waals surface area contributed by atoms with Gasteiger partial charge in [0.05, 0.1) is 23.1 Å². The van der Waals surface area contributed by atoms with Crippen molar-refractivity contribution >= 4 is 39.9 Å². The summed E-state index contributed by atoms with van der Waals surface area (Å²) in [5, 5.41) is 12.3. The number of amides is 1. The maximum absolute atomic E-state index is 12.0. The monoisotopic (exact) mass is 355 g/mol. The van der Waals surface area contributed by atoms with E-state index in [1.165, 1.54) is 18.5 Å². The number of nitrogens with one attached hydrogen (secondary N) is 1. The molecule has 0 saturated heterocycles. The van der Waals surface area contributed by atoms with Crippen LogP contribution < -0.4 is 11.1 Å². The van der Waals surface area contributed by atoms with Crippen molar-refractivity contribution in [2.24, 2.45) is 0 Å². The molecule has 1 heterocycles. The number of phenolic OH excluding ortho intramolecular Hbond substituents is 1. The quantitative estimate of drug-likeness (QED) is 0.721. The Morgan fingerprint density at radius 2 is 2.17 bits per heavy atom. The number of halogens is 1. The zero-order valence-electron chi connectivity index (χ0n) is 9.22. The van der Waals surface area contributed by atoms with Crippen molar-refractivity contribution in [2.75, 3.05) is 11.1 Å². The van der Waals surface area contributed by atoms with Crippen LogP contribution in [0.2, 0.25) is 0 Å². The Labute approximate surface area is 117 Å². The third kappa shape index (κ3) is 2.70. The van der Waals surface area contributed by atoms with Crippen LogP contribution in [0.1, 0.15) is 10.4 Å². The van der Waals surface area contributed by atoms with Gasteiger partial charge in [-0.05, 0) is 46.9 Å². The number of phenols is 1. The predicted octanol–water partition coefficient (Wildman–Crippen LogP) is 2.23. The number of hydrogen-bond donors (Lipinski definition) is 3. The summed E-state index contributed by atoms with van der Waals surface area (Å²) >= 11 is 2.07. The first-order chi connectivity index (χ1) is 8.58. The standard InChI is InChI=1S/C12H10IN3O2/c13-7-1-2-11(17)8(5-7)12(18)16-10-3-4-15-6-9(10)14/h1-6,17H,14H2,(H,15,16,18). The normalized spacial score (nSPS) is 10.1. The number of nitrogens with two attached hydrogens (primary N) is 1.